The molecule has 1 aromatic rings. The van der Waals surface area contributed by atoms with Crippen LogP contribution in [0.1, 0.15) is 32.8 Å². The smallest absolute Gasteiger partial charge is 0.138 e. The Morgan fingerprint density at radius 3 is 2.56 bits per heavy atom. The molecule has 0 amide bonds. The molecular weight excluding hydrogens is 222 g/mol. The van der Waals surface area contributed by atoms with Gasteiger partial charge in [0.25, 0.3) is 0 Å². The molecule has 0 N–H and O–H groups in total. The quantitative estimate of drug-likeness (QED) is 0.792. The van der Waals surface area contributed by atoms with Crippen molar-refractivity contribution in [3.8, 4) is 11.8 Å². The number of nitrogens with zero attached hydrogens (tertiary/aromatic N) is 1. The van der Waals surface area contributed by atoms with E-state index in [0.29, 0.717) is 22.3 Å². The number of nitriles is 1. The van der Waals surface area contributed by atoms with E-state index in [4.69, 9.17) is 21.6 Å². The summed E-state index contributed by atoms with van der Waals surface area (Å²) in [5.41, 5.74) is 0.550. The van der Waals surface area contributed by atoms with Gasteiger partial charge < -0.3 is 4.74 Å². The van der Waals surface area contributed by atoms with Gasteiger partial charge >= 0.3 is 0 Å². The lowest BCUT2D eigenvalue weighted by Crippen LogP contribution is -2.14. The van der Waals surface area contributed by atoms with Gasteiger partial charge in [-0.15, -0.1) is 0 Å². The lowest BCUT2D eigenvalue weighted by molar-refractivity contribution is 0.193. The van der Waals surface area contributed by atoms with Crippen LogP contribution in [0.3, 0.4) is 0 Å². The minimum atomic E-state index is 0.130. The van der Waals surface area contributed by atoms with Crippen LogP contribution in [-0.2, 0) is 0 Å². The molecular formula is C13H16ClNO. The van der Waals surface area contributed by atoms with E-state index in [-0.39, 0.29) is 6.10 Å². The van der Waals surface area contributed by atoms with Gasteiger partial charge in [-0.25, -0.2) is 0 Å². The zero-order chi connectivity index (χ0) is 12.1. The molecule has 0 heterocycles. The van der Waals surface area contributed by atoms with Gasteiger partial charge in [0.15, 0.2) is 0 Å². The summed E-state index contributed by atoms with van der Waals surface area (Å²) in [6, 6.07) is 7.12. The standard InChI is InChI=1S/C13H16ClNO/c1-9(2)6-10(3)16-13-5-4-11(8-15)7-12(13)14/h4-5,7,9-10H,6H2,1-3H3. The molecule has 0 aliphatic rings. The van der Waals surface area contributed by atoms with Crippen LogP contribution in [0.2, 0.25) is 5.02 Å². The van der Waals surface area contributed by atoms with E-state index in [0.717, 1.165) is 6.42 Å². The normalized spacial score (nSPS) is 12.2. The predicted octanol–water partition coefficient (Wildman–Crippen LogP) is 4.03. The highest BCUT2D eigenvalue weighted by Gasteiger charge is 2.09. The fourth-order valence-corrected chi connectivity index (χ4v) is 1.82. The Bertz CT molecular complexity index is 395. The van der Waals surface area contributed by atoms with Crippen LogP contribution >= 0.6 is 11.6 Å². The van der Waals surface area contributed by atoms with E-state index in [9.17, 15) is 0 Å². The second kappa shape index (κ2) is 5.77. The van der Waals surface area contributed by atoms with Crippen molar-refractivity contribution >= 4 is 11.6 Å². The van der Waals surface area contributed by atoms with Crippen molar-refractivity contribution < 1.29 is 4.74 Å². The van der Waals surface area contributed by atoms with E-state index in [2.05, 4.69) is 13.8 Å². The molecule has 1 rings (SSSR count). The van der Waals surface area contributed by atoms with Crippen molar-refractivity contribution in [1.29, 1.82) is 5.26 Å². The third kappa shape index (κ3) is 3.75. The monoisotopic (exact) mass is 237 g/mol. The molecule has 0 saturated heterocycles. The summed E-state index contributed by atoms with van der Waals surface area (Å²) in [7, 11) is 0. The van der Waals surface area contributed by atoms with E-state index in [1.54, 1.807) is 18.2 Å². The first-order valence-electron chi connectivity index (χ1n) is 5.39. The first-order chi connectivity index (χ1) is 7.52. The van der Waals surface area contributed by atoms with E-state index >= 15 is 0 Å². The molecule has 16 heavy (non-hydrogen) atoms. The largest absolute Gasteiger partial charge is 0.489 e. The maximum absolute atomic E-state index is 8.70. The minimum Gasteiger partial charge on any atom is -0.489 e. The van der Waals surface area contributed by atoms with Gasteiger partial charge in [-0.1, -0.05) is 25.4 Å². The van der Waals surface area contributed by atoms with E-state index in [1.165, 1.54) is 0 Å². The third-order valence-corrected chi connectivity index (χ3v) is 2.49. The Labute approximate surface area is 102 Å². The van der Waals surface area contributed by atoms with Gasteiger partial charge in [0.05, 0.1) is 22.8 Å². The average Bonchev–Trinajstić information content (AvgIpc) is 2.19. The summed E-state index contributed by atoms with van der Waals surface area (Å²) >= 11 is 6.01. The van der Waals surface area contributed by atoms with Crippen LogP contribution in [0.5, 0.6) is 5.75 Å². The summed E-state index contributed by atoms with van der Waals surface area (Å²) in [5, 5.41) is 9.20. The molecule has 3 heteroatoms. The second-order valence-corrected chi connectivity index (χ2v) is 4.72. The fourth-order valence-electron chi connectivity index (χ4n) is 1.59. The molecule has 86 valence electrons. The number of ether oxygens (including phenoxy) is 1. The molecule has 0 spiro atoms. The van der Waals surface area contributed by atoms with Gasteiger partial charge in [-0.05, 0) is 37.5 Å². The second-order valence-electron chi connectivity index (χ2n) is 4.32. The fraction of sp³-hybridized carbons (Fsp3) is 0.462. The Hall–Kier alpha value is -1.20. The van der Waals surface area contributed by atoms with Crippen molar-refractivity contribution in [2.75, 3.05) is 0 Å². The van der Waals surface area contributed by atoms with Crippen molar-refractivity contribution in [1.82, 2.24) is 0 Å². The Balaban J connectivity index is 2.71. The van der Waals surface area contributed by atoms with Gasteiger partial charge in [0, 0.05) is 0 Å². The maximum atomic E-state index is 8.70. The van der Waals surface area contributed by atoms with Crippen LogP contribution < -0.4 is 4.74 Å². The highest BCUT2D eigenvalue weighted by molar-refractivity contribution is 6.32. The molecule has 0 radical (unpaired) electrons. The summed E-state index contributed by atoms with van der Waals surface area (Å²) in [6.45, 7) is 6.33. The third-order valence-electron chi connectivity index (χ3n) is 2.19. The van der Waals surface area contributed by atoms with Crippen molar-refractivity contribution in [3.05, 3.63) is 28.8 Å². The van der Waals surface area contributed by atoms with Crippen LogP contribution in [0.4, 0.5) is 0 Å². The zero-order valence-electron chi connectivity index (χ0n) is 9.83. The van der Waals surface area contributed by atoms with Crippen LogP contribution in [0.25, 0.3) is 0 Å². The van der Waals surface area contributed by atoms with Gasteiger partial charge in [0.2, 0.25) is 0 Å². The number of hydrogen-bond acceptors (Lipinski definition) is 2. The molecule has 1 aromatic carbocycles. The summed E-state index contributed by atoms with van der Waals surface area (Å²) in [4.78, 5) is 0. The Kier molecular flexibility index (Phi) is 4.64. The maximum Gasteiger partial charge on any atom is 0.138 e. The molecule has 0 aliphatic heterocycles. The zero-order valence-corrected chi connectivity index (χ0v) is 10.6. The summed E-state index contributed by atoms with van der Waals surface area (Å²) in [6.07, 6.45) is 1.11. The van der Waals surface area contributed by atoms with Crippen LogP contribution in [0.15, 0.2) is 18.2 Å². The van der Waals surface area contributed by atoms with E-state index in [1.807, 2.05) is 13.0 Å². The van der Waals surface area contributed by atoms with Crippen LogP contribution in [-0.4, -0.2) is 6.10 Å². The SMILES string of the molecule is CC(C)CC(C)Oc1ccc(C#N)cc1Cl. The number of benzene rings is 1. The predicted molar refractivity (Wildman–Crippen MR) is 65.7 cm³/mol. The molecule has 2 nitrogen and oxygen atoms in total. The van der Waals surface area contributed by atoms with Crippen molar-refractivity contribution in [3.63, 3.8) is 0 Å². The molecule has 0 aromatic heterocycles. The number of halogens is 1. The molecule has 0 aliphatic carbocycles. The lowest BCUT2D eigenvalue weighted by Gasteiger charge is -2.17. The highest BCUT2D eigenvalue weighted by atomic mass is 35.5. The minimum absolute atomic E-state index is 0.130. The van der Waals surface area contributed by atoms with Gasteiger partial charge in [-0.2, -0.15) is 5.26 Å². The Morgan fingerprint density at radius 1 is 1.38 bits per heavy atom. The van der Waals surface area contributed by atoms with E-state index < -0.39 is 0 Å². The topological polar surface area (TPSA) is 33.0 Å². The van der Waals surface area contributed by atoms with Gasteiger partial charge in [-0.3, -0.25) is 0 Å². The number of hydrogen-bond donors (Lipinski definition) is 0. The van der Waals surface area contributed by atoms with Crippen LogP contribution in [0, 0.1) is 17.2 Å². The van der Waals surface area contributed by atoms with Crippen molar-refractivity contribution in [2.24, 2.45) is 5.92 Å². The molecule has 0 fully saturated rings. The molecule has 0 bridgehead atoms. The first-order valence-corrected chi connectivity index (χ1v) is 5.77. The Morgan fingerprint density at radius 2 is 2.06 bits per heavy atom. The first kappa shape index (κ1) is 12.9. The lowest BCUT2D eigenvalue weighted by atomic mass is 10.1. The summed E-state index contributed by atoms with van der Waals surface area (Å²) < 4.78 is 5.71. The average molecular weight is 238 g/mol. The highest BCUT2D eigenvalue weighted by Crippen LogP contribution is 2.27. The number of rotatable bonds is 4. The molecule has 0 saturated carbocycles. The molecule has 1 atom stereocenters. The van der Waals surface area contributed by atoms with Gasteiger partial charge in [0.1, 0.15) is 5.75 Å². The molecule has 1 unspecified atom stereocenters. The summed E-state index contributed by atoms with van der Waals surface area (Å²) in [5.74, 6) is 1.24. The van der Waals surface area contributed by atoms with Crippen molar-refractivity contribution in [2.45, 2.75) is 33.3 Å².